The Balaban J connectivity index is 1.72. The van der Waals surface area contributed by atoms with Crippen LogP contribution >= 0.6 is 0 Å². The smallest absolute Gasteiger partial charge is 0.263 e. The normalized spacial score (nSPS) is 15.3. The number of hydrogen-bond acceptors (Lipinski definition) is 5. The van der Waals surface area contributed by atoms with Crippen LogP contribution in [0, 0.1) is 0 Å². The van der Waals surface area contributed by atoms with E-state index in [1.165, 1.54) is 0 Å². The summed E-state index contributed by atoms with van der Waals surface area (Å²) in [4.78, 5) is 6.63. The Morgan fingerprint density at radius 3 is 2.42 bits per heavy atom. The van der Waals surface area contributed by atoms with Gasteiger partial charge in [-0.1, -0.05) is 19.1 Å². The first-order chi connectivity index (χ1) is 11.6. The lowest BCUT2D eigenvalue weighted by molar-refractivity contribution is 0.122. The van der Waals surface area contributed by atoms with Crippen molar-refractivity contribution in [2.24, 2.45) is 0 Å². The molecule has 0 amide bonds. The van der Waals surface area contributed by atoms with Gasteiger partial charge in [0.25, 0.3) is 10.0 Å². The molecule has 1 aromatic heterocycles. The third-order valence-corrected chi connectivity index (χ3v) is 5.38. The van der Waals surface area contributed by atoms with Crippen LogP contribution in [0.1, 0.15) is 12.5 Å². The van der Waals surface area contributed by atoms with Gasteiger partial charge in [0.1, 0.15) is 5.82 Å². The summed E-state index contributed by atoms with van der Waals surface area (Å²) in [5, 5.41) is 0. The monoisotopic (exact) mass is 347 g/mol. The summed E-state index contributed by atoms with van der Waals surface area (Å²) in [6.45, 7) is 5.05. The summed E-state index contributed by atoms with van der Waals surface area (Å²) in [7, 11) is -3.62. The van der Waals surface area contributed by atoms with E-state index in [1.54, 1.807) is 24.4 Å². The molecule has 128 valence electrons. The molecule has 1 N–H and O–H groups in total. The lowest BCUT2D eigenvalue weighted by Gasteiger charge is -2.28. The zero-order valence-electron chi connectivity index (χ0n) is 13.6. The summed E-state index contributed by atoms with van der Waals surface area (Å²) in [5.41, 5.74) is 2.07. The van der Waals surface area contributed by atoms with Crippen LogP contribution in [0.2, 0.25) is 0 Å². The predicted octanol–water partition coefficient (Wildman–Crippen LogP) is 2.28. The minimum Gasteiger partial charge on any atom is -0.378 e. The Labute approximate surface area is 142 Å². The van der Waals surface area contributed by atoms with Crippen LogP contribution in [0.25, 0.3) is 0 Å². The zero-order chi connectivity index (χ0) is 17.0. The molecule has 6 nitrogen and oxygen atoms in total. The number of morpholine rings is 1. The maximum Gasteiger partial charge on any atom is 0.263 e. The molecule has 2 aromatic rings. The quantitative estimate of drug-likeness (QED) is 0.898. The molecular formula is C17H21N3O3S. The molecule has 1 saturated heterocycles. The van der Waals surface area contributed by atoms with Gasteiger partial charge in [0.2, 0.25) is 0 Å². The van der Waals surface area contributed by atoms with Crippen molar-refractivity contribution >= 4 is 21.5 Å². The van der Waals surface area contributed by atoms with Crippen LogP contribution in [0.4, 0.5) is 11.5 Å². The maximum absolute atomic E-state index is 12.4. The van der Waals surface area contributed by atoms with E-state index in [9.17, 15) is 8.42 Å². The van der Waals surface area contributed by atoms with Crippen molar-refractivity contribution in [1.82, 2.24) is 4.98 Å². The second kappa shape index (κ2) is 7.19. The minimum atomic E-state index is -3.62. The molecule has 1 aromatic carbocycles. The average molecular weight is 347 g/mol. The number of rotatable bonds is 5. The number of ether oxygens (including phenoxy) is 1. The van der Waals surface area contributed by atoms with E-state index < -0.39 is 10.0 Å². The molecule has 0 unspecified atom stereocenters. The second-order valence-corrected chi connectivity index (χ2v) is 7.29. The van der Waals surface area contributed by atoms with Gasteiger partial charge in [0, 0.05) is 13.1 Å². The minimum absolute atomic E-state index is 0.235. The van der Waals surface area contributed by atoms with E-state index in [-0.39, 0.29) is 4.90 Å². The molecule has 0 aliphatic carbocycles. The number of aryl methyl sites for hydroxylation is 1. The standard InChI is InChI=1S/C17H21N3O3S/c1-2-14-3-6-16(7-4-14)24(21,22)19-17-8-5-15(13-18-17)20-9-11-23-12-10-20/h3-8,13H,2,9-12H2,1H3,(H,18,19). The fourth-order valence-corrected chi connectivity index (χ4v) is 3.56. The molecule has 0 radical (unpaired) electrons. The maximum atomic E-state index is 12.4. The molecule has 3 rings (SSSR count). The van der Waals surface area contributed by atoms with Crippen LogP contribution < -0.4 is 9.62 Å². The van der Waals surface area contributed by atoms with Gasteiger partial charge in [-0.3, -0.25) is 4.72 Å². The van der Waals surface area contributed by atoms with E-state index in [0.717, 1.165) is 30.8 Å². The van der Waals surface area contributed by atoms with E-state index >= 15 is 0 Å². The zero-order valence-corrected chi connectivity index (χ0v) is 14.4. The van der Waals surface area contributed by atoms with Gasteiger partial charge in [0.15, 0.2) is 0 Å². The number of hydrogen-bond donors (Lipinski definition) is 1. The predicted molar refractivity (Wildman–Crippen MR) is 93.9 cm³/mol. The van der Waals surface area contributed by atoms with Gasteiger partial charge in [0.05, 0.1) is 30.0 Å². The first-order valence-electron chi connectivity index (χ1n) is 7.99. The topological polar surface area (TPSA) is 71.5 Å². The van der Waals surface area contributed by atoms with Gasteiger partial charge >= 0.3 is 0 Å². The third kappa shape index (κ3) is 3.85. The summed E-state index contributed by atoms with van der Waals surface area (Å²) < 4.78 is 32.7. The van der Waals surface area contributed by atoms with E-state index in [1.807, 2.05) is 25.1 Å². The van der Waals surface area contributed by atoms with Crippen LogP contribution in [-0.4, -0.2) is 39.7 Å². The van der Waals surface area contributed by atoms with Gasteiger partial charge in [-0.05, 0) is 36.2 Å². The molecule has 1 aliphatic heterocycles. The second-order valence-electron chi connectivity index (χ2n) is 5.60. The summed E-state index contributed by atoms with van der Waals surface area (Å²) in [6.07, 6.45) is 2.56. The first-order valence-corrected chi connectivity index (χ1v) is 9.47. The highest BCUT2D eigenvalue weighted by atomic mass is 32.2. The van der Waals surface area contributed by atoms with E-state index in [2.05, 4.69) is 14.6 Å². The molecule has 0 spiro atoms. The van der Waals surface area contributed by atoms with Crippen molar-refractivity contribution in [2.75, 3.05) is 35.9 Å². The van der Waals surface area contributed by atoms with Crippen molar-refractivity contribution in [3.8, 4) is 0 Å². The van der Waals surface area contributed by atoms with Crippen molar-refractivity contribution < 1.29 is 13.2 Å². The fourth-order valence-electron chi connectivity index (χ4n) is 2.56. The van der Waals surface area contributed by atoms with Gasteiger partial charge in [-0.25, -0.2) is 13.4 Å². The van der Waals surface area contributed by atoms with Crippen molar-refractivity contribution in [2.45, 2.75) is 18.2 Å². The molecule has 2 heterocycles. The van der Waals surface area contributed by atoms with E-state index in [4.69, 9.17) is 4.74 Å². The van der Waals surface area contributed by atoms with Crippen molar-refractivity contribution in [3.63, 3.8) is 0 Å². The molecule has 0 bridgehead atoms. The molecular weight excluding hydrogens is 326 g/mol. The molecule has 1 aliphatic rings. The highest BCUT2D eigenvalue weighted by Gasteiger charge is 2.16. The highest BCUT2D eigenvalue weighted by molar-refractivity contribution is 7.92. The third-order valence-electron chi connectivity index (χ3n) is 4.00. The molecule has 7 heteroatoms. The summed E-state index contributed by atoms with van der Waals surface area (Å²) in [6, 6.07) is 10.4. The number of sulfonamides is 1. The van der Waals surface area contributed by atoms with Crippen molar-refractivity contribution in [3.05, 3.63) is 48.2 Å². The molecule has 0 atom stereocenters. The number of nitrogens with one attached hydrogen (secondary N) is 1. The van der Waals surface area contributed by atoms with Gasteiger partial charge < -0.3 is 9.64 Å². The number of anilines is 2. The Morgan fingerprint density at radius 2 is 1.83 bits per heavy atom. The van der Waals surface area contributed by atoms with Gasteiger partial charge in [-0.2, -0.15) is 0 Å². The largest absolute Gasteiger partial charge is 0.378 e. The fraction of sp³-hybridized carbons (Fsp3) is 0.353. The Hall–Kier alpha value is -2.12. The van der Waals surface area contributed by atoms with Crippen LogP contribution in [0.3, 0.4) is 0 Å². The highest BCUT2D eigenvalue weighted by Crippen LogP contribution is 2.19. The Bertz CT molecular complexity index is 768. The van der Waals surface area contributed by atoms with Crippen LogP contribution in [-0.2, 0) is 21.2 Å². The van der Waals surface area contributed by atoms with Crippen LogP contribution in [0.15, 0.2) is 47.5 Å². The number of benzene rings is 1. The molecule has 24 heavy (non-hydrogen) atoms. The van der Waals surface area contributed by atoms with Crippen LogP contribution in [0.5, 0.6) is 0 Å². The molecule has 0 saturated carbocycles. The van der Waals surface area contributed by atoms with E-state index in [0.29, 0.717) is 19.0 Å². The summed E-state index contributed by atoms with van der Waals surface area (Å²) in [5.74, 6) is 0.312. The average Bonchev–Trinajstić information content (AvgIpc) is 2.63. The Kier molecular flexibility index (Phi) is 5.01. The summed E-state index contributed by atoms with van der Waals surface area (Å²) >= 11 is 0. The first kappa shape index (κ1) is 16.7. The Morgan fingerprint density at radius 1 is 1.12 bits per heavy atom. The SMILES string of the molecule is CCc1ccc(S(=O)(=O)Nc2ccc(N3CCOCC3)cn2)cc1. The number of aromatic nitrogens is 1. The van der Waals surface area contributed by atoms with Crippen molar-refractivity contribution in [1.29, 1.82) is 0 Å². The lowest BCUT2D eigenvalue weighted by Crippen LogP contribution is -2.36. The lowest BCUT2D eigenvalue weighted by atomic mass is 10.2. The molecule has 1 fully saturated rings. The van der Waals surface area contributed by atoms with Gasteiger partial charge in [-0.15, -0.1) is 0 Å². The number of nitrogens with zero attached hydrogens (tertiary/aromatic N) is 2. The number of pyridine rings is 1.